The number of benzene rings is 1. The van der Waals surface area contributed by atoms with E-state index < -0.39 is 0 Å². The van der Waals surface area contributed by atoms with Crippen molar-refractivity contribution in [3.8, 4) is 0 Å². The van der Waals surface area contributed by atoms with Crippen molar-refractivity contribution < 1.29 is 9.53 Å². The maximum absolute atomic E-state index is 12.2. The lowest BCUT2D eigenvalue weighted by atomic mass is 10.1. The Morgan fingerprint density at radius 1 is 1.59 bits per heavy atom. The number of rotatable bonds is 6. The summed E-state index contributed by atoms with van der Waals surface area (Å²) in [5.41, 5.74) is 0.969. The smallest absolute Gasteiger partial charge is 0.317 e. The van der Waals surface area contributed by atoms with Crippen molar-refractivity contribution in [1.82, 2.24) is 10.2 Å². The highest BCUT2D eigenvalue weighted by Crippen LogP contribution is 2.21. The number of urea groups is 1. The highest BCUT2D eigenvalue weighted by Gasteiger charge is 2.26. The number of hydrogen-bond donors (Lipinski definition) is 1. The van der Waals surface area contributed by atoms with Gasteiger partial charge < -0.3 is 15.0 Å². The standard InChI is InChI=1S/C16H23ClN2O2S/c1-21-15(13-4-3-5-14(17)8-13)9-18-16(20)19-7-6-12(10-19)11-22-2/h3-5,8,12,15H,6-7,9-11H2,1-2H3,(H,18,20)/t12-,15+/m1/s1. The van der Waals surface area contributed by atoms with Crippen LogP contribution in [0.15, 0.2) is 24.3 Å². The molecule has 6 heteroatoms. The highest BCUT2D eigenvalue weighted by atomic mass is 35.5. The van der Waals surface area contributed by atoms with Crippen LogP contribution in [-0.4, -0.2) is 49.7 Å². The molecule has 1 aliphatic rings. The van der Waals surface area contributed by atoms with Gasteiger partial charge in [0, 0.05) is 31.8 Å². The quantitative estimate of drug-likeness (QED) is 0.861. The van der Waals surface area contributed by atoms with Crippen molar-refractivity contribution in [3.05, 3.63) is 34.9 Å². The first kappa shape index (κ1) is 17.4. The Labute approximate surface area is 141 Å². The molecule has 0 spiro atoms. The molecule has 0 saturated carbocycles. The van der Waals surface area contributed by atoms with Gasteiger partial charge in [-0.05, 0) is 42.0 Å². The molecule has 0 radical (unpaired) electrons. The molecule has 0 aliphatic carbocycles. The lowest BCUT2D eigenvalue weighted by Crippen LogP contribution is -2.40. The molecule has 22 heavy (non-hydrogen) atoms. The van der Waals surface area contributed by atoms with Gasteiger partial charge >= 0.3 is 6.03 Å². The van der Waals surface area contributed by atoms with Gasteiger partial charge in [0.15, 0.2) is 0 Å². The van der Waals surface area contributed by atoms with Crippen molar-refractivity contribution in [2.75, 3.05) is 38.8 Å². The topological polar surface area (TPSA) is 41.6 Å². The maximum Gasteiger partial charge on any atom is 0.317 e. The second-order valence-electron chi connectivity index (χ2n) is 5.52. The van der Waals surface area contributed by atoms with Gasteiger partial charge in [0.25, 0.3) is 0 Å². The minimum atomic E-state index is -0.188. The normalized spacial score (nSPS) is 19.2. The average Bonchev–Trinajstić information content (AvgIpc) is 2.97. The summed E-state index contributed by atoms with van der Waals surface area (Å²) in [7, 11) is 1.64. The van der Waals surface area contributed by atoms with E-state index in [9.17, 15) is 4.79 Å². The van der Waals surface area contributed by atoms with Crippen molar-refractivity contribution in [2.45, 2.75) is 12.5 Å². The molecule has 1 fully saturated rings. The summed E-state index contributed by atoms with van der Waals surface area (Å²) in [4.78, 5) is 14.1. The van der Waals surface area contributed by atoms with E-state index in [0.717, 1.165) is 30.8 Å². The number of carbonyl (C=O) groups excluding carboxylic acids is 1. The SMILES string of the molecule is CO[C@@H](CNC(=O)N1CC[C@@H](CSC)C1)c1cccc(Cl)c1. The zero-order chi connectivity index (χ0) is 15.9. The van der Waals surface area contributed by atoms with Crippen LogP contribution in [0.5, 0.6) is 0 Å². The third-order valence-electron chi connectivity index (χ3n) is 3.92. The van der Waals surface area contributed by atoms with Crippen LogP contribution in [-0.2, 0) is 4.74 Å². The van der Waals surface area contributed by atoms with Gasteiger partial charge in [0.1, 0.15) is 0 Å². The molecule has 1 aromatic carbocycles. The molecular weight excluding hydrogens is 320 g/mol. The van der Waals surface area contributed by atoms with E-state index in [1.165, 1.54) is 0 Å². The summed E-state index contributed by atoms with van der Waals surface area (Å²) < 4.78 is 5.47. The van der Waals surface area contributed by atoms with Gasteiger partial charge in [-0.25, -0.2) is 4.79 Å². The fraction of sp³-hybridized carbons (Fsp3) is 0.562. The molecule has 2 atom stereocenters. The molecule has 122 valence electrons. The summed E-state index contributed by atoms with van der Waals surface area (Å²) in [5.74, 6) is 1.74. The summed E-state index contributed by atoms with van der Waals surface area (Å²) in [5, 5.41) is 3.64. The number of carbonyl (C=O) groups is 1. The van der Waals surface area contributed by atoms with E-state index in [-0.39, 0.29) is 12.1 Å². The molecule has 2 rings (SSSR count). The first-order valence-corrected chi connectivity index (χ1v) is 9.21. The van der Waals surface area contributed by atoms with E-state index in [1.54, 1.807) is 7.11 Å². The third-order valence-corrected chi connectivity index (χ3v) is 4.96. The number of nitrogens with one attached hydrogen (secondary N) is 1. The Morgan fingerprint density at radius 2 is 2.41 bits per heavy atom. The second kappa shape index (κ2) is 8.65. The van der Waals surface area contributed by atoms with E-state index in [4.69, 9.17) is 16.3 Å². The Hall–Kier alpha value is -0.910. The molecule has 0 unspecified atom stereocenters. The Bertz CT molecular complexity index is 501. The van der Waals surface area contributed by atoms with E-state index in [2.05, 4.69) is 11.6 Å². The van der Waals surface area contributed by atoms with Gasteiger partial charge in [-0.15, -0.1) is 0 Å². The minimum absolute atomic E-state index is 0.00678. The zero-order valence-electron chi connectivity index (χ0n) is 13.0. The lowest BCUT2D eigenvalue weighted by molar-refractivity contribution is 0.102. The number of hydrogen-bond acceptors (Lipinski definition) is 3. The maximum atomic E-state index is 12.2. The van der Waals surface area contributed by atoms with Crippen LogP contribution in [0.4, 0.5) is 4.79 Å². The molecular formula is C16H23ClN2O2S. The van der Waals surface area contributed by atoms with Crippen molar-refractivity contribution in [1.29, 1.82) is 0 Å². The van der Waals surface area contributed by atoms with Crippen LogP contribution in [0.1, 0.15) is 18.1 Å². The Balaban J connectivity index is 1.84. The predicted molar refractivity (Wildman–Crippen MR) is 92.7 cm³/mol. The molecule has 2 amide bonds. The number of methoxy groups -OCH3 is 1. The zero-order valence-corrected chi connectivity index (χ0v) is 14.6. The fourth-order valence-electron chi connectivity index (χ4n) is 2.72. The molecule has 1 saturated heterocycles. The van der Waals surface area contributed by atoms with Crippen LogP contribution >= 0.6 is 23.4 Å². The first-order valence-electron chi connectivity index (χ1n) is 7.44. The van der Waals surface area contributed by atoms with Crippen LogP contribution in [0.2, 0.25) is 5.02 Å². The van der Waals surface area contributed by atoms with Gasteiger partial charge in [-0.2, -0.15) is 11.8 Å². The van der Waals surface area contributed by atoms with Crippen molar-refractivity contribution >= 4 is 29.4 Å². The largest absolute Gasteiger partial charge is 0.375 e. The van der Waals surface area contributed by atoms with E-state index in [0.29, 0.717) is 17.5 Å². The lowest BCUT2D eigenvalue weighted by Gasteiger charge is -2.21. The van der Waals surface area contributed by atoms with E-state index >= 15 is 0 Å². The number of nitrogens with zero attached hydrogens (tertiary/aromatic N) is 1. The summed E-state index contributed by atoms with van der Waals surface area (Å²) >= 11 is 7.85. The van der Waals surface area contributed by atoms with Crippen LogP contribution < -0.4 is 5.32 Å². The van der Waals surface area contributed by atoms with Crippen molar-refractivity contribution in [3.63, 3.8) is 0 Å². The van der Waals surface area contributed by atoms with Crippen LogP contribution in [0, 0.1) is 5.92 Å². The molecule has 1 aliphatic heterocycles. The first-order chi connectivity index (χ1) is 10.6. The summed E-state index contributed by atoms with van der Waals surface area (Å²) in [6, 6.07) is 7.53. The Morgan fingerprint density at radius 3 is 3.09 bits per heavy atom. The number of likely N-dealkylation sites (tertiary alicyclic amines) is 1. The van der Waals surface area contributed by atoms with Gasteiger partial charge in [-0.1, -0.05) is 23.7 Å². The number of ether oxygens (including phenoxy) is 1. The van der Waals surface area contributed by atoms with Gasteiger partial charge in [0.05, 0.1) is 6.10 Å². The molecule has 1 aromatic rings. The third kappa shape index (κ3) is 4.80. The second-order valence-corrected chi connectivity index (χ2v) is 6.87. The predicted octanol–water partition coefficient (Wildman–Crippen LogP) is 3.42. The molecule has 0 aromatic heterocycles. The average molecular weight is 343 g/mol. The molecule has 0 bridgehead atoms. The monoisotopic (exact) mass is 342 g/mol. The fourth-order valence-corrected chi connectivity index (χ4v) is 3.67. The highest BCUT2D eigenvalue weighted by molar-refractivity contribution is 7.98. The minimum Gasteiger partial charge on any atom is -0.375 e. The van der Waals surface area contributed by atoms with Crippen LogP contribution in [0.3, 0.4) is 0 Å². The number of amides is 2. The van der Waals surface area contributed by atoms with Crippen molar-refractivity contribution in [2.24, 2.45) is 5.92 Å². The Kier molecular flexibility index (Phi) is 6.86. The molecule has 1 N–H and O–H groups in total. The summed E-state index contributed by atoms with van der Waals surface area (Å²) in [6.07, 6.45) is 3.01. The van der Waals surface area contributed by atoms with Crippen LogP contribution in [0.25, 0.3) is 0 Å². The summed E-state index contributed by atoms with van der Waals surface area (Å²) in [6.45, 7) is 2.13. The van der Waals surface area contributed by atoms with Gasteiger partial charge in [0.2, 0.25) is 0 Å². The van der Waals surface area contributed by atoms with E-state index in [1.807, 2.05) is 40.9 Å². The van der Waals surface area contributed by atoms with Gasteiger partial charge in [-0.3, -0.25) is 0 Å². The molecule has 1 heterocycles. The molecule has 4 nitrogen and oxygen atoms in total. The number of thioether (sulfide) groups is 1. The number of halogens is 1.